The molecule has 1 unspecified atom stereocenters. The molecule has 3 heterocycles. The van der Waals surface area contributed by atoms with Gasteiger partial charge in [0.15, 0.2) is 9.84 Å². The Kier molecular flexibility index (Phi) is 7.13. The molecule has 2 aliphatic rings. The molecule has 1 N–H and O–H groups in total. The molecule has 35 heavy (non-hydrogen) atoms. The molecule has 1 aromatic carbocycles. The number of hydrogen-bond acceptors (Lipinski definition) is 10. The molecule has 4 rings (SSSR count). The van der Waals surface area contributed by atoms with E-state index in [1.54, 1.807) is 38.4 Å². The molecule has 0 spiro atoms. The van der Waals surface area contributed by atoms with E-state index in [1.165, 1.54) is 12.2 Å². The number of ether oxygens (including phenoxy) is 2. The van der Waals surface area contributed by atoms with Crippen molar-refractivity contribution >= 4 is 27.5 Å². The number of methoxy groups -OCH3 is 1. The van der Waals surface area contributed by atoms with Gasteiger partial charge in [0, 0.05) is 31.2 Å². The summed E-state index contributed by atoms with van der Waals surface area (Å²) < 4.78 is 36.8. The predicted molar refractivity (Wildman–Crippen MR) is 127 cm³/mol. The Morgan fingerprint density at radius 2 is 1.80 bits per heavy atom. The van der Waals surface area contributed by atoms with E-state index in [2.05, 4.69) is 19.6 Å². The van der Waals surface area contributed by atoms with Gasteiger partial charge < -0.3 is 19.5 Å². The fraction of sp³-hybridized carbons (Fsp3) is 0.435. The Morgan fingerprint density at radius 3 is 2.37 bits per heavy atom. The summed E-state index contributed by atoms with van der Waals surface area (Å²) in [7, 11) is -2.31. The van der Waals surface area contributed by atoms with E-state index in [-0.39, 0.29) is 16.8 Å². The Labute approximate surface area is 203 Å². The number of aliphatic imine (C=N–C) groups is 1. The Balaban J connectivity index is 1.55. The molecule has 2 aliphatic heterocycles. The molecule has 0 radical (unpaired) electrons. The number of pyridine rings is 1. The highest BCUT2D eigenvalue weighted by atomic mass is 32.2. The number of aromatic nitrogens is 1. The largest absolute Gasteiger partial charge is 0.509 e. The van der Waals surface area contributed by atoms with Crippen molar-refractivity contribution in [3.05, 3.63) is 47.8 Å². The van der Waals surface area contributed by atoms with Crippen LogP contribution in [0.15, 0.2) is 46.5 Å². The van der Waals surface area contributed by atoms with E-state index >= 15 is 0 Å². The molecule has 1 atom stereocenters. The summed E-state index contributed by atoms with van der Waals surface area (Å²) in [6.07, 6.45) is 1.77. The van der Waals surface area contributed by atoms with Crippen LogP contribution in [0, 0.1) is 13.8 Å². The third-order valence-electron chi connectivity index (χ3n) is 6.04. The van der Waals surface area contributed by atoms with Crippen molar-refractivity contribution in [3.63, 3.8) is 0 Å². The highest BCUT2D eigenvalue weighted by Gasteiger charge is 2.38. The minimum absolute atomic E-state index is 0.119. The lowest BCUT2D eigenvalue weighted by Gasteiger charge is -2.37. The summed E-state index contributed by atoms with van der Waals surface area (Å²) in [5.41, 5.74) is 2.16. The summed E-state index contributed by atoms with van der Waals surface area (Å²) >= 11 is 0. The van der Waals surface area contributed by atoms with Crippen LogP contribution in [0.2, 0.25) is 0 Å². The first-order valence-electron chi connectivity index (χ1n) is 11.1. The molecule has 12 heteroatoms. The van der Waals surface area contributed by atoms with Gasteiger partial charge in [-0.3, -0.25) is 4.98 Å². The van der Waals surface area contributed by atoms with E-state index in [4.69, 9.17) is 14.7 Å². The second-order valence-electron chi connectivity index (χ2n) is 8.44. The van der Waals surface area contributed by atoms with E-state index in [1.807, 2.05) is 12.1 Å². The fourth-order valence-corrected chi connectivity index (χ4v) is 6.35. The van der Waals surface area contributed by atoms with Crippen molar-refractivity contribution < 1.29 is 32.6 Å². The molecule has 188 valence electrons. The lowest BCUT2D eigenvalue weighted by atomic mass is 10.0. The van der Waals surface area contributed by atoms with Gasteiger partial charge in [0.1, 0.15) is 17.3 Å². The maximum atomic E-state index is 13.4. The molecular weight excluding hydrogens is 476 g/mol. The van der Waals surface area contributed by atoms with Crippen LogP contribution in [0.1, 0.15) is 24.0 Å². The van der Waals surface area contributed by atoms with E-state index in [0.29, 0.717) is 42.8 Å². The van der Waals surface area contributed by atoms with Crippen molar-refractivity contribution in [1.82, 2.24) is 10.0 Å². The lowest BCUT2D eigenvalue weighted by Crippen LogP contribution is -2.47. The normalized spacial score (nSPS) is 18.9. The SMILES string of the molecule is COc1cc(C)c(S(=O)(=O)CC2=NC(OC(=O)O)ON2C2CCN(c3ccncc3)CC2)c(C)c1. The van der Waals surface area contributed by atoms with Gasteiger partial charge in [0.05, 0.1) is 18.0 Å². The Hall–Kier alpha value is -3.38. The number of rotatable bonds is 7. The molecule has 0 bridgehead atoms. The number of sulfone groups is 1. The third kappa shape index (κ3) is 5.49. The van der Waals surface area contributed by atoms with Crippen LogP contribution in [0.3, 0.4) is 0 Å². The molecule has 2 aromatic rings. The molecule has 11 nitrogen and oxygen atoms in total. The maximum absolute atomic E-state index is 13.4. The summed E-state index contributed by atoms with van der Waals surface area (Å²) in [6.45, 7) is 4.82. The number of carboxylic acid groups (broad SMARTS) is 1. The second kappa shape index (κ2) is 10.1. The fourth-order valence-electron chi connectivity index (χ4n) is 4.57. The summed E-state index contributed by atoms with van der Waals surface area (Å²) in [5.74, 6) is 0.233. The topological polar surface area (TPSA) is 131 Å². The Bertz CT molecular complexity index is 1190. The zero-order valence-electron chi connectivity index (χ0n) is 19.7. The van der Waals surface area contributed by atoms with Gasteiger partial charge in [-0.2, -0.15) is 4.99 Å². The number of hydroxylamine groups is 2. The van der Waals surface area contributed by atoms with E-state index in [0.717, 1.165) is 5.69 Å². The third-order valence-corrected chi connectivity index (χ3v) is 7.94. The van der Waals surface area contributed by atoms with Crippen LogP contribution in [0.25, 0.3) is 0 Å². The molecule has 0 saturated carbocycles. The quantitative estimate of drug-likeness (QED) is 0.562. The maximum Gasteiger partial charge on any atom is 0.509 e. The highest BCUT2D eigenvalue weighted by Crippen LogP contribution is 2.30. The summed E-state index contributed by atoms with van der Waals surface area (Å²) in [6, 6.07) is 7.00. The molecule has 1 saturated heterocycles. The van der Waals surface area contributed by atoms with Gasteiger partial charge >= 0.3 is 12.6 Å². The minimum Gasteiger partial charge on any atom is -0.497 e. The number of anilines is 1. The van der Waals surface area contributed by atoms with Crippen LogP contribution in [0.4, 0.5) is 10.5 Å². The smallest absolute Gasteiger partial charge is 0.497 e. The lowest BCUT2D eigenvalue weighted by molar-refractivity contribution is -0.224. The summed E-state index contributed by atoms with van der Waals surface area (Å²) in [5, 5.41) is 10.4. The number of nitrogens with zero attached hydrogens (tertiary/aromatic N) is 4. The molecule has 0 aliphatic carbocycles. The van der Waals surface area contributed by atoms with Gasteiger partial charge in [-0.1, -0.05) is 0 Å². The number of piperidine rings is 1. The van der Waals surface area contributed by atoms with Crippen molar-refractivity contribution in [1.29, 1.82) is 0 Å². The molecule has 1 aromatic heterocycles. The second-order valence-corrected chi connectivity index (χ2v) is 10.4. The predicted octanol–water partition coefficient (Wildman–Crippen LogP) is 2.77. The van der Waals surface area contributed by atoms with Gasteiger partial charge in [-0.15, -0.1) is 0 Å². The van der Waals surface area contributed by atoms with Crippen molar-refractivity contribution in [2.24, 2.45) is 4.99 Å². The van der Waals surface area contributed by atoms with Crippen molar-refractivity contribution in [2.75, 3.05) is 30.9 Å². The number of benzene rings is 1. The molecule has 1 fully saturated rings. The monoisotopic (exact) mass is 504 g/mol. The van der Waals surface area contributed by atoms with Crippen molar-refractivity contribution in [2.45, 2.75) is 44.0 Å². The zero-order valence-corrected chi connectivity index (χ0v) is 20.6. The first kappa shape index (κ1) is 24.7. The van der Waals surface area contributed by atoms with Gasteiger partial charge in [-0.25, -0.2) is 23.1 Å². The molecule has 0 amide bonds. The van der Waals surface area contributed by atoms with Gasteiger partial charge in [0.25, 0.3) is 0 Å². The van der Waals surface area contributed by atoms with Crippen LogP contribution >= 0.6 is 0 Å². The van der Waals surface area contributed by atoms with E-state index < -0.39 is 28.2 Å². The van der Waals surface area contributed by atoms with Crippen LogP contribution in [-0.2, 0) is 19.4 Å². The first-order valence-corrected chi connectivity index (χ1v) is 12.8. The number of carbonyl (C=O) groups is 1. The standard InChI is InChI=1S/C23H28N4O7S/c1-15-12-19(32-3)13-16(2)21(15)35(30,31)14-20-25-22(33-23(28)29)34-27(20)18-6-10-26(11-7-18)17-4-8-24-9-5-17/h4-5,8-9,12-13,18,22H,6-7,10-11,14H2,1-3H3,(H,28,29). The Morgan fingerprint density at radius 1 is 1.17 bits per heavy atom. The average Bonchev–Trinajstić information content (AvgIpc) is 3.19. The number of hydrogen-bond donors (Lipinski definition) is 1. The van der Waals surface area contributed by atoms with Crippen molar-refractivity contribution in [3.8, 4) is 5.75 Å². The van der Waals surface area contributed by atoms with Crippen LogP contribution in [-0.4, -0.2) is 74.0 Å². The van der Waals surface area contributed by atoms with Gasteiger partial charge in [-0.05, 0) is 62.1 Å². The number of amidine groups is 1. The van der Waals surface area contributed by atoms with Crippen LogP contribution in [0.5, 0.6) is 5.75 Å². The zero-order chi connectivity index (χ0) is 25.2. The van der Waals surface area contributed by atoms with E-state index in [9.17, 15) is 13.2 Å². The molecular formula is C23H28N4O7S. The van der Waals surface area contributed by atoms with Gasteiger partial charge in [0.2, 0.25) is 0 Å². The number of aryl methyl sites for hydroxylation is 2. The average molecular weight is 505 g/mol. The summed E-state index contributed by atoms with van der Waals surface area (Å²) in [4.78, 5) is 27.3. The van der Waals surface area contributed by atoms with Crippen LogP contribution < -0.4 is 9.64 Å². The minimum atomic E-state index is -3.84. The highest BCUT2D eigenvalue weighted by molar-refractivity contribution is 7.92. The first-order chi connectivity index (χ1) is 16.7.